The van der Waals surface area contributed by atoms with Crippen LogP contribution in [0.2, 0.25) is 0 Å². The summed E-state index contributed by atoms with van der Waals surface area (Å²) in [5, 5.41) is 5.63. The van der Waals surface area contributed by atoms with Gasteiger partial charge in [-0.1, -0.05) is 6.07 Å². The molecule has 0 spiro atoms. The van der Waals surface area contributed by atoms with Gasteiger partial charge in [-0.15, -0.1) is 0 Å². The number of benzene rings is 1. The number of amides is 2. The largest absolute Gasteiger partial charge is 0.459 e. The van der Waals surface area contributed by atoms with Gasteiger partial charge in [-0.2, -0.15) is 0 Å². The Bertz CT molecular complexity index is 841. The molecular weight excluding hydrogens is 320 g/mol. The molecular formula is C18H18N4O3. The van der Waals surface area contributed by atoms with Crippen molar-refractivity contribution in [2.45, 2.75) is 19.5 Å². The summed E-state index contributed by atoms with van der Waals surface area (Å²) in [6, 6.07) is 9.90. The van der Waals surface area contributed by atoms with Gasteiger partial charge in [-0.25, -0.2) is 4.98 Å². The second-order valence-corrected chi connectivity index (χ2v) is 5.65. The van der Waals surface area contributed by atoms with Crippen LogP contribution in [0.1, 0.15) is 27.8 Å². The van der Waals surface area contributed by atoms with Crippen molar-refractivity contribution < 1.29 is 14.0 Å². The highest BCUT2D eigenvalue weighted by Crippen LogP contribution is 2.13. The molecule has 3 aromatic rings. The first-order valence-corrected chi connectivity index (χ1v) is 7.83. The molecule has 7 heteroatoms. The van der Waals surface area contributed by atoms with Gasteiger partial charge in [0.2, 0.25) is 0 Å². The fraction of sp³-hybridized carbons (Fsp3) is 0.167. The van der Waals surface area contributed by atoms with Gasteiger partial charge in [0.05, 0.1) is 12.6 Å². The van der Waals surface area contributed by atoms with E-state index in [1.54, 1.807) is 48.9 Å². The van der Waals surface area contributed by atoms with E-state index in [-0.39, 0.29) is 23.6 Å². The Morgan fingerprint density at radius 1 is 1.24 bits per heavy atom. The van der Waals surface area contributed by atoms with E-state index in [2.05, 4.69) is 15.6 Å². The van der Waals surface area contributed by atoms with E-state index in [0.29, 0.717) is 17.8 Å². The van der Waals surface area contributed by atoms with Crippen LogP contribution in [0, 0.1) is 0 Å². The Hall–Kier alpha value is -3.35. The van der Waals surface area contributed by atoms with Crippen LogP contribution in [-0.2, 0) is 6.54 Å². The summed E-state index contributed by atoms with van der Waals surface area (Å²) in [5.41, 5.74) is 0.992. The summed E-state index contributed by atoms with van der Waals surface area (Å²) >= 11 is 0. The summed E-state index contributed by atoms with van der Waals surface area (Å²) in [4.78, 5) is 28.4. The quantitative estimate of drug-likeness (QED) is 0.723. The van der Waals surface area contributed by atoms with E-state index in [9.17, 15) is 9.59 Å². The number of carbonyl (C=O) groups excluding carboxylic acids is 2. The minimum atomic E-state index is -0.365. The molecule has 2 amide bonds. The number of carbonyl (C=O) groups is 2. The van der Waals surface area contributed by atoms with Gasteiger partial charge >= 0.3 is 0 Å². The molecule has 3 rings (SSSR count). The van der Waals surface area contributed by atoms with Crippen molar-refractivity contribution in [3.8, 4) is 0 Å². The van der Waals surface area contributed by atoms with Crippen molar-refractivity contribution in [1.29, 1.82) is 0 Å². The Kier molecular flexibility index (Phi) is 4.94. The van der Waals surface area contributed by atoms with Crippen LogP contribution < -0.4 is 10.6 Å². The zero-order valence-corrected chi connectivity index (χ0v) is 13.7. The summed E-state index contributed by atoms with van der Waals surface area (Å²) in [6.07, 6.45) is 6.67. The van der Waals surface area contributed by atoms with Gasteiger partial charge in [-0.05, 0) is 37.3 Å². The van der Waals surface area contributed by atoms with Gasteiger partial charge in [0.1, 0.15) is 0 Å². The average Bonchev–Trinajstić information content (AvgIpc) is 3.28. The lowest BCUT2D eigenvalue weighted by Gasteiger charge is -2.15. The Morgan fingerprint density at radius 3 is 2.84 bits per heavy atom. The number of aromatic nitrogens is 2. The first-order chi connectivity index (χ1) is 12.1. The van der Waals surface area contributed by atoms with Gasteiger partial charge in [0.25, 0.3) is 11.8 Å². The lowest BCUT2D eigenvalue weighted by Crippen LogP contribution is -2.35. The lowest BCUT2D eigenvalue weighted by atomic mass is 10.1. The van der Waals surface area contributed by atoms with E-state index >= 15 is 0 Å². The van der Waals surface area contributed by atoms with Crippen molar-refractivity contribution in [1.82, 2.24) is 14.9 Å². The van der Waals surface area contributed by atoms with Crippen molar-refractivity contribution in [2.75, 3.05) is 5.32 Å². The fourth-order valence-corrected chi connectivity index (χ4v) is 2.40. The minimum absolute atomic E-state index is 0.0666. The van der Waals surface area contributed by atoms with Gasteiger partial charge in [-0.3, -0.25) is 9.59 Å². The second kappa shape index (κ2) is 7.48. The second-order valence-electron chi connectivity index (χ2n) is 5.65. The molecule has 0 radical (unpaired) electrons. The molecule has 2 N–H and O–H groups in total. The molecule has 0 aliphatic rings. The highest BCUT2D eigenvalue weighted by Gasteiger charge is 2.13. The molecule has 7 nitrogen and oxygen atoms in total. The first-order valence-electron chi connectivity index (χ1n) is 7.83. The standard InChI is InChI=1S/C18H18N4O3/c1-13(11-22-8-7-19-12-22)20-17(23)14-4-2-5-15(10-14)21-18(24)16-6-3-9-25-16/h2-10,12-13H,11H2,1H3,(H,20,23)(H,21,24). The molecule has 0 bridgehead atoms. The Labute approximate surface area is 144 Å². The molecule has 0 aliphatic carbocycles. The van der Waals surface area contributed by atoms with Crippen LogP contribution in [0.5, 0.6) is 0 Å². The monoisotopic (exact) mass is 338 g/mol. The molecule has 25 heavy (non-hydrogen) atoms. The van der Waals surface area contributed by atoms with Crippen molar-refractivity contribution >= 4 is 17.5 Å². The topological polar surface area (TPSA) is 89.2 Å². The summed E-state index contributed by atoms with van der Waals surface area (Å²) in [5.74, 6) is -0.360. The molecule has 1 atom stereocenters. The maximum Gasteiger partial charge on any atom is 0.291 e. The van der Waals surface area contributed by atoms with Crippen molar-refractivity contribution in [2.24, 2.45) is 0 Å². The molecule has 128 valence electrons. The number of hydrogen-bond acceptors (Lipinski definition) is 4. The first kappa shape index (κ1) is 16.5. The van der Waals surface area contributed by atoms with Crippen LogP contribution in [0.25, 0.3) is 0 Å². The van der Waals surface area contributed by atoms with Crippen LogP contribution in [0.3, 0.4) is 0 Å². The summed E-state index contributed by atoms with van der Waals surface area (Å²) in [6.45, 7) is 2.54. The molecule has 0 aliphatic heterocycles. The van der Waals surface area contributed by atoms with E-state index in [4.69, 9.17) is 4.42 Å². The molecule has 0 saturated carbocycles. The van der Waals surface area contributed by atoms with E-state index in [1.807, 2.05) is 17.7 Å². The molecule has 2 heterocycles. The third-order valence-electron chi connectivity index (χ3n) is 3.55. The van der Waals surface area contributed by atoms with Crippen LogP contribution in [-0.4, -0.2) is 27.4 Å². The number of nitrogens with one attached hydrogen (secondary N) is 2. The number of hydrogen-bond donors (Lipinski definition) is 2. The molecule has 1 unspecified atom stereocenters. The highest BCUT2D eigenvalue weighted by molar-refractivity contribution is 6.03. The van der Waals surface area contributed by atoms with Gasteiger partial charge in [0, 0.05) is 36.2 Å². The van der Waals surface area contributed by atoms with Crippen molar-refractivity contribution in [3.63, 3.8) is 0 Å². The van der Waals surface area contributed by atoms with E-state index < -0.39 is 0 Å². The number of nitrogens with zero attached hydrogens (tertiary/aromatic N) is 2. The number of rotatable bonds is 6. The van der Waals surface area contributed by atoms with E-state index in [0.717, 1.165) is 0 Å². The van der Waals surface area contributed by atoms with E-state index in [1.165, 1.54) is 6.26 Å². The predicted octanol–water partition coefficient (Wildman–Crippen LogP) is 2.55. The van der Waals surface area contributed by atoms with Crippen LogP contribution in [0.15, 0.2) is 65.8 Å². The Morgan fingerprint density at radius 2 is 2.12 bits per heavy atom. The molecule has 1 aromatic carbocycles. The highest BCUT2D eigenvalue weighted by atomic mass is 16.3. The van der Waals surface area contributed by atoms with Gasteiger partial charge in [0.15, 0.2) is 5.76 Å². The van der Waals surface area contributed by atoms with Crippen LogP contribution in [0.4, 0.5) is 5.69 Å². The molecule has 2 aromatic heterocycles. The zero-order valence-electron chi connectivity index (χ0n) is 13.7. The lowest BCUT2D eigenvalue weighted by molar-refractivity contribution is 0.0935. The third-order valence-corrected chi connectivity index (χ3v) is 3.55. The minimum Gasteiger partial charge on any atom is -0.459 e. The smallest absolute Gasteiger partial charge is 0.291 e. The SMILES string of the molecule is CC(Cn1ccnc1)NC(=O)c1cccc(NC(=O)c2ccco2)c1. The normalized spacial score (nSPS) is 11.7. The number of imidazole rings is 1. The van der Waals surface area contributed by atoms with Crippen molar-refractivity contribution in [3.05, 3.63) is 72.7 Å². The summed E-state index contributed by atoms with van der Waals surface area (Å²) < 4.78 is 6.94. The average molecular weight is 338 g/mol. The zero-order chi connectivity index (χ0) is 17.6. The number of furan rings is 1. The Balaban J connectivity index is 1.62. The number of anilines is 1. The maximum atomic E-state index is 12.4. The predicted molar refractivity (Wildman–Crippen MR) is 92.3 cm³/mol. The summed E-state index contributed by atoms with van der Waals surface area (Å²) in [7, 11) is 0. The third kappa shape index (κ3) is 4.35. The molecule has 0 saturated heterocycles. The maximum absolute atomic E-state index is 12.4. The van der Waals surface area contributed by atoms with Gasteiger partial charge < -0.3 is 19.6 Å². The van der Waals surface area contributed by atoms with Crippen LogP contribution >= 0.6 is 0 Å². The molecule has 0 fully saturated rings. The fourth-order valence-electron chi connectivity index (χ4n) is 2.40.